The number of aromatic nitrogens is 1. The molecule has 1 heterocycles. The highest BCUT2D eigenvalue weighted by Crippen LogP contribution is 2.24. The fraction of sp³-hybridized carbons (Fsp3) is 0.308. The van der Waals surface area contributed by atoms with Gasteiger partial charge in [-0.1, -0.05) is 24.6 Å². The maximum absolute atomic E-state index is 11.5. The molecule has 0 unspecified atom stereocenters. The number of ketones is 1. The molecule has 0 bridgehead atoms. The molecule has 0 atom stereocenters. The van der Waals surface area contributed by atoms with Gasteiger partial charge in [-0.05, 0) is 17.7 Å². The monoisotopic (exact) mass is 235 g/mol. The van der Waals surface area contributed by atoms with Gasteiger partial charge >= 0.3 is 0 Å². The van der Waals surface area contributed by atoms with Crippen molar-refractivity contribution in [3.8, 4) is 0 Å². The quantitative estimate of drug-likeness (QED) is 0.800. The van der Waals surface area contributed by atoms with Crippen molar-refractivity contribution >= 4 is 28.3 Å². The lowest BCUT2D eigenvalue weighted by atomic mass is 10.1. The summed E-state index contributed by atoms with van der Waals surface area (Å²) in [5.74, 6) is 0.266. The Morgan fingerprint density at radius 1 is 1.44 bits per heavy atom. The molecule has 0 radical (unpaired) electrons. The summed E-state index contributed by atoms with van der Waals surface area (Å²) in [6.07, 6.45) is 3.11. The van der Waals surface area contributed by atoms with Crippen molar-refractivity contribution in [2.24, 2.45) is 7.05 Å². The molecule has 0 saturated carbocycles. The summed E-state index contributed by atoms with van der Waals surface area (Å²) in [6.45, 7) is 1.89. The Balaban J connectivity index is 2.51. The minimum absolute atomic E-state index is 0.266. The number of aryl methyl sites for hydroxylation is 1. The Hall–Kier alpha value is -1.28. The molecule has 84 valence electrons. The first kappa shape index (κ1) is 11.2. The van der Waals surface area contributed by atoms with Gasteiger partial charge in [0.1, 0.15) is 5.78 Å². The predicted molar refractivity (Wildman–Crippen MR) is 66.9 cm³/mol. The highest BCUT2D eigenvalue weighted by atomic mass is 35.5. The minimum atomic E-state index is 0.266. The first-order valence-electron chi connectivity index (χ1n) is 5.37. The van der Waals surface area contributed by atoms with Gasteiger partial charge in [0, 0.05) is 42.0 Å². The van der Waals surface area contributed by atoms with Gasteiger partial charge in [0.05, 0.1) is 0 Å². The van der Waals surface area contributed by atoms with Crippen molar-refractivity contribution in [2.45, 2.75) is 19.8 Å². The van der Waals surface area contributed by atoms with Crippen molar-refractivity contribution in [3.63, 3.8) is 0 Å². The van der Waals surface area contributed by atoms with Gasteiger partial charge in [0.2, 0.25) is 0 Å². The average Bonchev–Trinajstić information content (AvgIpc) is 2.55. The van der Waals surface area contributed by atoms with Crippen LogP contribution in [0.3, 0.4) is 0 Å². The van der Waals surface area contributed by atoms with Crippen LogP contribution in [0.4, 0.5) is 0 Å². The normalized spacial score (nSPS) is 10.9. The van der Waals surface area contributed by atoms with Gasteiger partial charge in [-0.3, -0.25) is 4.79 Å². The molecule has 2 nitrogen and oxygen atoms in total. The number of hydrogen-bond acceptors (Lipinski definition) is 1. The summed E-state index contributed by atoms with van der Waals surface area (Å²) in [5, 5.41) is 1.84. The van der Waals surface area contributed by atoms with Gasteiger partial charge in [-0.25, -0.2) is 0 Å². The molecule has 0 spiro atoms. The third kappa shape index (κ3) is 1.98. The summed E-state index contributed by atoms with van der Waals surface area (Å²) >= 11 is 5.95. The number of carbonyl (C=O) groups excluding carboxylic acids is 1. The Morgan fingerprint density at radius 3 is 2.88 bits per heavy atom. The van der Waals surface area contributed by atoms with Crippen LogP contribution in [-0.4, -0.2) is 10.4 Å². The van der Waals surface area contributed by atoms with E-state index in [1.807, 2.05) is 42.9 Å². The van der Waals surface area contributed by atoms with E-state index in [1.165, 1.54) is 0 Å². The number of carbonyl (C=O) groups is 1. The number of nitrogens with zero attached hydrogens (tertiary/aromatic N) is 1. The molecule has 3 heteroatoms. The Bertz CT molecular complexity index is 542. The summed E-state index contributed by atoms with van der Waals surface area (Å²) in [6, 6.07) is 5.77. The largest absolute Gasteiger partial charge is 0.350 e. The Morgan fingerprint density at radius 2 is 2.19 bits per heavy atom. The molecule has 1 aromatic carbocycles. The Kier molecular flexibility index (Phi) is 3.01. The zero-order valence-corrected chi connectivity index (χ0v) is 10.2. The molecule has 0 fully saturated rings. The van der Waals surface area contributed by atoms with Crippen LogP contribution in [0, 0.1) is 0 Å². The molecule has 16 heavy (non-hydrogen) atoms. The van der Waals surface area contributed by atoms with Crippen LogP contribution in [-0.2, 0) is 18.3 Å². The van der Waals surface area contributed by atoms with E-state index in [4.69, 9.17) is 11.6 Å². The van der Waals surface area contributed by atoms with Crippen LogP contribution in [0.5, 0.6) is 0 Å². The average molecular weight is 236 g/mol. The smallest absolute Gasteiger partial charge is 0.137 e. The van der Waals surface area contributed by atoms with Crippen LogP contribution in [0.25, 0.3) is 10.9 Å². The van der Waals surface area contributed by atoms with E-state index in [-0.39, 0.29) is 5.78 Å². The van der Waals surface area contributed by atoms with Crippen molar-refractivity contribution in [3.05, 3.63) is 35.0 Å². The van der Waals surface area contributed by atoms with Crippen molar-refractivity contribution in [1.82, 2.24) is 4.57 Å². The molecule has 0 aliphatic heterocycles. The standard InChI is InChI=1S/C13H14ClNO/c1-3-11(16)6-9-8-15(2)13-7-10(14)4-5-12(9)13/h4-5,7-8H,3,6H2,1-2H3. The van der Waals surface area contributed by atoms with E-state index in [1.54, 1.807) is 0 Å². The van der Waals surface area contributed by atoms with E-state index in [9.17, 15) is 4.79 Å². The summed E-state index contributed by atoms with van der Waals surface area (Å²) in [4.78, 5) is 11.5. The summed E-state index contributed by atoms with van der Waals surface area (Å²) in [7, 11) is 1.97. The maximum Gasteiger partial charge on any atom is 0.137 e. The van der Waals surface area contributed by atoms with Crippen LogP contribution in [0.15, 0.2) is 24.4 Å². The molecule has 0 aliphatic rings. The number of fused-ring (bicyclic) bond motifs is 1. The second-order valence-electron chi connectivity index (χ2n) is 4.00. The molecular formula is C13H14ClNO. The van der Waals surface area contributed by atoms with Crippen LogP contribution < -0.4 is 0 Å². The number of halogens is 1. The first-order chi connectivity index (χ1) is 7.61. The van der Waals surface area contributed by atoms with Gasteiger partial charge in [0.15, 0.2) is 0 Å². The van der Waals surface area contributed by atoms with E-state index < -0.39 is 0 Å². The number of hydrogen-bond donors (Lipinski definition) is 0. The second kappa shape index (κ2) is 4.30. The molecule has 0 saturated heterocycles. The van der Waals surface area contributed by atoms with Crippen LogP contribution in [0.2, 0.25) is 5.02 Å². The topological polar surface area (TPSA) is 22.0 Å². The third-order valence-electron chi connectivity index (χ3n) is 2.82. The maximum atomic E-state index is 11.5. The van der Waals surface area contributed by atoms with Gasteiger partial charge in [-0.2, -0.15) is 0 Å². The SMILES string of the molecule is CCC(=O)Cc1cn(C)c2cc(Cl)ccc12. The lowest BCUT2D eigenvalue weighted by Gasteiger charge is -1.97. The van der Waals surface area contributed by atoms with Crippen molar-refractivity contribution < 1.29 is 4.79 Å². The van der Waals surface area contributed by atoms with Gasteiger partial charge in [-0.15, -0.1) is 0 Å². The molecular weight excluding hydrogens is 222 g/mol. The molecule has 0 aliphatic carbocycles. The van der Waals surface area contributed by atoms with E-state index in [0.717, 1.165) is 21.5 Å². The van der Waals surface area contributed by atoms with Gasteiger partial charge < -0.3 is 4.57 Å². The van der Waals surface area contributed by atoms with E-state index in [2.05, 4.69) is 0 Å². The van der Waals surface area contributed by atoms with Crippen molar-refractivity contribution in [2.75, 3.05) is 0 Å². The highest BCUT2D eigenvalue weighted by Gasteiger charge is 2.09. The van der Waals surface area contributed by atoms with Crippen LogP contribution >= 0.6 is 11.6 Å². The number of benzene rings is 1. The van der Waals surface area contributed by atoms with Crippen molar-refractivity contribution in [1.29, 1.82) is 0 Å². The summed E-state index contributed by atoms with van der Waals surface area (Å²) < 4.78 is 2.01. The second-order valence-corrected chi connectivity index (χ2v) is 4.43. The van der Waals surface area contributed by atoms with Crippen LogP contribution in [0.1, 0.15) is 18.9 Å². The molecule has 0 amide bonds. The molecule has 2 aromatic rings. The highest BCUT2D eigenvalue weighted by molar-refractivity contribution is 6.31. The molecule has 2 rings (SSSR count). The summed E-state index contributed by atoms with van der Waals surface area (Å²) in [5.41, 5.74) is 2.16. The zero-order chi connectivity index (χ0) is 11.7. The fourth-order valence-electron chi connectivity index (χ4n) is 1.92. The molecule has 0 N–H and O–H groups in total. The number of rotatable bonds is 3. The molecule has 1 aromatic heterocycles. The lowest BCUT2D eigenvalue weighted by molar-refractivity contribution is -0.118. The zero-order valence-electron chi connectivity index (χ0n) is 9.46. The van der Waals surface area contributed by atoms with E-state index in [0.29, 0.717) is 12.8 Å². The fourth-order valence-corrected chi connectivity index (χ4v) is 2.09. The third-order valence-corrected chi connectivity index (χ3v) is 3.05. The van der Waals surface area contributed by atoms with Gasteiger partial charge in [0.25, 0.3) is 0 Å². The first-order valence-corrected chi connectivity index (χ1v) is 5.74. The lowest BCUT2D eigenvalue weighted by Crippen LogP contribution is -1.99. The number of Topliss-reactive ketones (excluding diaryl/α,β-unsaturated/α-hetero) is 1. The Labute approximate surface area is 99.8 Å². The van der Waals surface area contributed by atoms with E-state index >= 15 is 0 Å². The predicted octanol–water partition coefficient (Wildman–Crippen LogP) is 3.35. The minimum Gasteiger partial charge on any atom is -0.350 e.